The fraction of sp³-hybridized carbons (Fsp3) is 0.200. The van der Waals surface area contributed by atoms with Gasteiger partial charge in [-0.25, -0.2) is 8.78 Å². The smallest absolute Gasteiger partial charge is 0.130 e. The molecule has 0 atom stereocenters. The van der Waals surface area contributed by atoms with Crippen molar-refractivity contribution in [3.05, 3.63) is 64.2 Å². The van der Waals surface area contributed by atoms with Crippen molar-refractivity contribution in [2.75, 3.05) is 0 Å². The van der Waals surface area contributed by atoms with Gasteiger partial charge < -0.3 is 0 Å². The van der Waals surface area contributed by atoms with E-state index in [9.17, 15) is 8.78 Å². The van der Waals surface area contributed by atoms with E-state index in [1.54, 1.807) is 24.3 Å². The Morgan fingerprint density at radius 1 is 1.00 bits per heavy atom. The van der Waals surface area contributed by atoms with E-state index in [2.05, 4.69) is 0 Å². The Kier molecular flexibility index (Phi) is 7.35. The highest BCUT2D eigenvalue weighted by molar-refractivity contribution is 8.21. The monoisotopic (exact) mass is 334 g/mol. The van der Waals surface area contributed by atoms with Crippen LogP contribution in [-0.4, -0.2) is 0 Å². The molecule has 5 heteroatoms. The molecule has 0 unspecified atom stereocenters. The van der Waals surface area contributed by atoms with Crippen LogP contribution >= 0.6 is 33.3 Å². The summed E-state index contributed by atoms with van der Waals surface area (Å²) >= 11 is 5.75. The van der Waals surface area contributed by atoms with Crippen LogP contribution in [0.5, 0.6) is 0 Å². The van der Waals surface area contributed by atoms with E-state index in [1.807, 2.05) is 13.8 Å². The summed E-state index contributed by atoms with van der Waals surface area (Å²) in [5, 5.41) is 0.591. The molecule has 108 valence electrons. The number of benzene rings is 2. The molecule has 0 radical (unpaired) electrons. The molecular formula is C15H14Cl2F2S. The fourth-order valence-corrected chi connectivity index (χ4v) is 2.29. The van der Waals surface area contributed by atoms with Crippen LogP contribution in [-0.2, 0) is 6.42 Å². The average Bonchev–Trinajstić information content (AvgIpc) is 2.46. The van der Waals surface area contributed by atoms with Gasteiger partial charge in [0.2, 0.25) is 0 Å². The first kappa shape index (κ1) is 17.3. The molecule has 0 aliphatic carbocycles. The van der Waals surface area contributed by atoms with Gasteiger partial charge in [-0.2, -0.15) is 0 Å². The lowest BCUT2D eigenvalue weighted by atomic mass is 10.0. The maximum Gasteiger partial charge on any atom is 0.130 e. The van der Waals surface area contributed by atoms with Gasteiger partial charge in [-0.15, -0.1) is 0 Å². The van der Waals surface area contributed by atoms with Crippen LogP contribution < -0.4 is 0 Å². The molecule has 0 N–H and O–H groups in total. The van der Waals surface area contributed by atoms with E-state index in [0.29, 0.717) is 9.92 Å². The van der Waals surface area contributed by atoms with Crippen molar-refractivity contribution in [2.45, 2.75) is 25.2 Å². The Morgan fingerprint density at radius 3 is 1.95 bits per heavy atom. The molecule has 0 bridgehead atoms. The Morgan fingerprint density at radius 2 is 1.50 bits per heavy atom. The minimum absolute atomic E-state index is 0.0341. The van der Waals surface area contributed by atoms with E-state index in [0.717, 1.165) is 16.5 Å². The van der Waals surface area contributed by atoms with E-state index < -0.39 is 11.6 Å². The zero-order valence-corrected chi connectivity index (χ0v) is 13.4. The standard InChI is InChI=1S/C13H8Cl2F2S.C2H6/c14-9-3-1-8(2-4-9)5-11-12(16)6-10(18-15)7-13(11)17;1-2/h1-4,6-7H,5H2;1-2H3. The van der Waals surface area contributed by atoms with E-state index in [4.69, 9.17) is 22.3 Å². The van der Waals surface area contributed by atoms with Crippen LogP contribution in [0.2, 0.25) is 5.02 Å². The summed E-state index contributed by atoms with van der Waals surface area (Å²) in [4.78, 5) is 0.353. The third-order valence-electron chi connectivity index (χ3n) is 2.50. The molecule has 0 heterocycles. The first-order valence-corrected chi connectivity index (χ1v) is 8.13. The second-order valence-corrected chi connectivity index (χ2v) is 5.27. The van der Waals surface area contributed by atoms with Gasteiger partial charge in [0.1, 0.15) is 11.6 Å². The van der Waals surface area contributed by atoms with Crippen molar-refractivity contribution in [2.24, 2.45) is 0 Å². The van der Waals surface area contributed by atoms with Crippen LogP contribution in [0.1, 0.15) is 25.0 Å². The van der Waals surface area contributed by atoms with Gasteiger partial charge in [0.25, 0.3) is 0 Å². The Bertz CT molecular complexity index is 533. The molecule has 0 fully saturated rings. The summed E-state index contributed by atoms with van der Waals surface area (Å²) in [5.74, 6) is -1.18. The minimum atomic E-state index is -0.590. The normalized spacial score (nSPS) is 9.90. The zero-order valence-electron chi connectivity index (χ0n) is 11.1. The lowest BCUT2D eigenvalue weighted by Crippen LogP contribution is -1.97. The van der Waals surface area contributed by atoms with Crippen molar-refractivity contribution in [3.8, 4) is 0 Å². The summed E-state index contributed by atoms with van der Waals surface area (Å²) in [6, 6.07) is 9.32. The topological polar surface area (TPSA) is 0 Å². The highest BCUT2D eigenvalue weighted by Gasteiger charge is 2.12. The van der Waals surface area contributed by atoms with Crippen molar-refractivity contribution in [1.82, 2.24) is 0 Å². The molecule has 0 aliphatic heterocycles. The molecular weight excluding hydrogens is 321 g/mol. The first-order chi connectivity index (χ1) is 9.60. The van der Waals surface area contributed by atoms with Crippen LogP contribution in [0.15, 0.2) is 41.3 Å². The molecule has 0 aromatic heterocycles. The SMILES string of the molecule is CC.Fc1cc(SCl)cc(F)c1Cc1ccc(Cl)cc1. The predicted octanol–water partition coefficient (Wildman–Crippen LogP) is 6.48. The van der Waals surface area contributed by atoms with Gasteiger partial charge in [0, 0.05) is 21.9 Å². The average molecular weight is 335 g/mol. The van der Waals surface area contributed by atoms with Gasteiger partial charge in [0.05, 0.1) is 0 Å². The Hall–Kier alpha value is -0.770. The number of hydrogen-bond acceptors (Lipinski definition) is 1. The van der Waals surface area contributed by atoms with Crippen molar-refractivity contribution >= 4 is 33.3 Å². The highest BCUT2D eigenvalue weighted by Crippen LogP contribution is 2.27. The molecule has 0 aliphatic rings. The fourth-order valence-electron chi connectivity index (χ4n) is 1.60. The third kappa shape index (κ3) is 4.65. The van der Waals surface area contributed by atoms with Gasteiger partial charge >= 0.3 is 0 Å². The van der Waals surface area contributed by atoms with Crippen LogP contribution in [0.25, 0.3) is 0 Å². The molecule has 0 nitrogen and oxygen atoms in total. The molecule has 0 spiro atoms. The number of rotatable bonds is 3. The summed E-state index contributed by atoms with van der Waals surface area (Å²) < 4.78 is 27.4. The summed E-state index contributed by atoms with van der Waals surface area (Å²) in [7, 11) is 6.26. The summed E-state index contributed by atoms with van der Waals surface area (Å²) in [6.07, 6.45) is 0.183. The van der Waals surface area contributed by atoms with Crippen LogP contribution in [0, 0.1) is 11.6 Å². The van der Waals surface area contributed by atoms with Gasteiger partial charge in [0.15, 0.2) is 0 Å². The van der Waals surface area contributed by atoms with Gasteiger partial charge in [-0.1, -0.05) is 37.6 Å². The molecule has 0 amide bonds. The van der Waals surface area contributed by atoms with E-state index in [1.165, 1.54) is 12.1 Å². The van der Waals surface area contributed by atoms with Gasteiger partial charge in [-0.3, -0.25) is 0 Å². The largest absolute Gasteiger partial charge is 0.207 e. The number of hydrogen-bond donors (Lipinski definition) is 0. The minimum Gasteiger partial charge on any atom is -0.207 e. The van der Waals surface area contributed by atoms with Crippen LogP contribution in [0.3, 0.4) is 0 Å². The second kappa shape index (κ2) is 8.50. The Balaban J connectivity index is 0.000000956. The van der Waals surface area contributed by atoms with E-state index >= 15 is 0 Å². The Labute approximate surface area is 131 Å². The second-order valence-electron chi connectivity index (χ2n) is 3.75. The summed E-state index contributed by atoms with van der Waals surface area (Å²) in [6.45, 7) is 4.00. The molecule has 2 rings (SSSR count). The van der Waals surface area contributed by atoms with E-state index in [-0.39, 0.29) is 12.0 Å². The maximum atomic E-state index is 13.7. The molecule has 2 aromatic rings. The van der Waals surface area contributed by atoms with Gasteiger partial charge in [-0.05, 0) is 51.5 Å². The van der Waals surface area contributed by atoms with Crippen LogP contribution in [0.4, 0.5) is 8.78 Å². The molecule has 2 aromatic carbocycles. The van der Waals surface area contributed by atoms with Crippen molar-refractivity contribution in [3.63, 3.8) is 0 Å². The molecule has 20 heavy (non-hydrogen) atoms. The van der Waals surface area contributed by atoms with Crippen molar-refractivity contribution < 1.29 is 8.78 Å². The quantitative estimate of drug-likeness (QED) is 0.618. The first-order valence-electron chi connectivity index (χ1n) is 6.11. The third-order valence-corrected chi connectivity index (χ3v) is 3.70. The van der Waals surface area contributed by atoms with Crippen molar-refractivity contribution in [1.29, 1.82) is 0 Å². The highest BCUT2D eigenvalue weighted by atomic mass is 35.7. The molecule has 0 saturated heterocycles. The lowest BCUT2D eigenvalue weighted by Gasteiger charge is -2.07. The lowest BCUT2D eigenvalue weighted by molar-refractivity contribution is 0.556. The maximum absolute atomic E-state index is 13.7. The predicted molar refractivity (Wildman–Crippen MR) is 83.7 cm³/mol. The molecule has 0 saturated carbocycles. The summed E-state index contributed by atoms with van der Waals surface area (Å²) in [5.41, 5.74) is 0.829. The number of halogens is 4. The zero-order chi connectivity index (χ0) is 15.1.